The molecule has 0 radical (unpaired) electrons. The summed E-state index contributed by atoms with van der Waals surface area (Å²) in [4.78, 5) is 0. The first-order valence-electron chi connectivity index (χ1n) is 9.41. The van der Waals surface area contributed by atoms with Gasteiger partial charge in [-0.05, 0) is 26.2 Å². The fourth-order valence-electron chi connectivity index (χ4n) is 2.37. The third-order valence-electron chi connectivity index (χ3n) is 3.97. The lowest BCUT2D eigenvalue weighted by Crippen LogP contribution is -2.35. The number of rotatable bonds is 15. The quantitative estimate of drug-likeness (QED) is 0.216. The molecular weight excluding hydrogens is 304 g/mol. The van der Waals surface area contributed by atoms with Gasteiger partial charge in [-0.25, -0.2) is 0 Å². The van der Waals surface area contributed by atoms with Crippen molar-refractivity contribution >= 4 is 0 Å². The van der Waals surface area contributed by atoms with Crippen LogP contribution in [0.2, 0.25) is 0 Å². The summed E-state index contributed by atoms with van der Waals surface area (Å²) in [6.45, 7) is 5.15. The molecule has 0 N–H and O–H groups in total. The van der Waals surface area contributed by atoms with Gasteiger partial charge in [-0.1, -0.05) is 57.6 Å². The third-order valence-corrected chi connectivity index (χ3v) is 3.97. The molecule has 0 saturated heterocycles. The summed E-state index contributed by atoms with van der Waals surface area (Å²) in [7, 11) is 6.59. The van der Waals surface area contributed by atoms with Crippen LogP contribution < -0.4 is 0 Å². The van der Waals surface area contributed by atoms with Gasteiger partial charge in [0.15, 0.2) is 0 Å². The highest BCUT2D eigenvalue weighted by atomic mass is 16.9. The second-order valence-electron chi connectivity index (χ2n) is 5.87. The van der Waals surface area contributed by atoms with E-state index in [1.54, 1.807) is 28.4 Å². The van der Waals surface area contributed by atoms with Crippen LogP contribution >= 0.6 is 0 Å². The highest BCUT2D eigenvalue weighted by Crippen LogP contribution is 2.21. The second kappa shape index (κ2) is 20.6. The molecule has 4 heteroatoms. The zero-order valence-corrected chi connectivity index (χ0v) is 17.1. The molecule has 0 spiro atoms. The summed E-state index contributed by atoms with van der Waals surface area (Å²) in [5, 5.41) is 0. The summed E-state index contributed by atoms with van der Waals surface area (Å²) in [6, 6.07) is 0. The minimum absolute atomic E-state index is 0.796. The normalized spacial score (nSPS) is 11.6. The van der Waals surface area contributed by atoms with E-state index in [1.165, 1.54) is 38.5 Å². The molecule has 146 valence electrons. The van der Waals surface area contributed by atoms with Crippen LogP contribution in [-0.4, -0.2) is 41.0 Å². The molecule has 0 aliphatic rings. The highest BCUT2D eigenvalue weighted by Gasteiger charge is 2.28. The SMILES string of the molecule is CC=CCCCOC.CCCCCCCCCC(OC)(OC)OC. The van der Waals surface area contributed by atoms with Gasteiger partial charge >= 0.3 is 0 Å². The molecule has 0 fully saturated rings. The van der Waals surface area contributed by atoms with Gasteiger partial charge in [0.2, 0.25) is 0 Å². The number of unbranched alkanes of at least 4 members (excludes halogenated alkanes) is 7. The van der Waals surface area contributed by atoms with Crippen molar-refractivity contribution in [2.24, 2.45) is 0 Å². The first-order valence-corrected chi connectivity index (χ1v) is 9.41. The van der Waals surface area contributed by atoms with Crippen LogP contribution in [0, 0.1) is 0 Å². The van der Waals surface area contributed by atoms with Crippen molar-refractivity contribution in [3.63, 3.8) is 0 Å². The topological polar surface area (TPSA) is 36.9 Å². The summed E-state index contributed by atoms with van der Waals surface area (Å²) >= 11 is 0. The van der Waals surface area contributed by atoms with Gasteiger partial charge in [-0.2, -0.15) is 0 Å². The average Bonchev–Trinajstić information content (AvgIpc) is 2.62. The molecule has 0 aromatic carbocycles. The predicted molar refractivity (Wildman–Crippen MR) is 102 cm³/mol. The van der Waals surface area contributed by atoms with Crippen molar-refractivity contribution < 1.29 is 18.9 Å². The van der Waals surface area contributed by atoms with Crippen LogP contribution in [0.3, 0.4) is 0 Å². The lowest BCUT2D eigenvalue weighted by Gasteiger charge is -2.28. The largest absolute Gasteiger partial charge is 0.385 e. The zero-order chi connectivity index (χ0) is 18.5. The number of hydrogen-bond acceptors (Lipinski definition) is 4. The van der Waals surface area contributed by atoms with Gasteiger partial charge in [0, 0.05) is 41.5 Å². The fraction of sp³-hybridized carbons (Fsp3) is 0.900. The minimum atomic E-state index is -0.830. The number of ether oxygens (including phenoxy) is 4. The summed E-state index contributed by atoms with van der Waals surface area (Å²) in [5.41, 5.74) is 0. The van der Waals surface area contributed by atoms with Gasteiger partial charge < -0.3 is 18.9 Å². The van der Waals surface area contributed by atoms with Crippen molar-refractivity contribution in [3.05, 3.63) is 12.2 Å². The van der Waals surface area contributed by atoms with E-state index >= 15 is 0 Å². The van der Waals surface area contributed by atoms with Crippen LogP contribution in [0.25, 0.3) is 0 Å². The predicted octanol–water partition coefficient (Wildman–Crippen LogP) is 5.71. The molecule has 4 nitrogen and oxygen atoms in total. The molecule has 0 aromatic heterocycles. The monoisotopic (exact) mass is 346 g/mol. The van der Waals surface area contributed by atoms with Crippen LogP contribution in [0.1, 0.15) is 78.1 Å². The third kappa shape index (κ3) is 16.4. The Morgan fingerprint density at radius 1 is 0.750 bits per heavy atom. The summed E-state index contributed by atoms with van der Waals surface area (Å²) in [5.74, 6) is -0.830. The maximum atomic E-state index is 5.24. The van der Waals surface area contributed by atoms with Crippen LogP contribution in [0.5, 0.6) is 0 Å². The molecular formula is C20H42O4. The molecule has 0 saturated carbocycles. The van der Waals surface area contributed by atoms with Gasteiger partial charge in [0.05, 0.1) is 0 Å². The van der Waals surface area contributed by atoms with Crippen LogP contribution in [-0.2, 0) is 18.9 Å². The van der Waals surface area contributed by atoms with E-state index in [2.05, 4.69) is 19.1 Å². The van der Waals surface area contributed by atoms with Crippen molar-refractivity contribution in [2.45, 2.75) is 84.0 Å². The smallest absolute Gasteiger partial charge is 0.282 e. The van der Waals surface area contributed by atoms with Gasteiger partial charge in [-0.3, -0.25) is 0 Å². The minimum Gasteiger partial charge on any atom is -0.385 e. The molecule has 0 aliphatic carbocycles. The fourth-order valence-corrected chi connectivity index (χ4v) is 2.37. The molecule has 0 amide bonds. The van der Waals surface area contributed by atoms with Gasteiger partial charge in [0.1, 0.15) is 0 Å². The Hall–Kier alpha value is -0.420. The lowest BCUT2D eigenvalue weighted by atomic mass is 10.1. The first kappa shape index (κ1) is 25.8. The number of allylic oxidation sites excluding steroid dienone is 2. The van der Waals surface area contributed by atoms with Gasteiger partial charge in [-0.15, -0.1) is 0 Å². The van der Waals surface area contributed by atoms with Crippen LogP contribution in [0.15, 0.2) is 12.2 Å². The van der Waals surface area contributed by atoms with Crippen molar-refractivity contribution in [1.82, 2.24) is 0 Å². The molecule has 0 aliphatic heterocycles. The van der Waals surface area contributed by atoms with E-state index in [0.29, 0.717) is 0 Å². The molecule has 0 rings (SSSR count). The van der Waals surface area contributed by atoms with E-state index in [1.807, 2.05) is 6.92 Å². The number of methoxy groups -OCH3 is 4. The molecule has 0 unspecified atom stereocenters. The van der Waals surface area contributed by atoms with E-state index in [0.717, 1.165) is 32.3 Å². The Bertz CT molecular complexity index is 242. The summed E-state index contributed by atoms with van der Waals surface area (Å²) in [6.07, 6.45) is 16.3. The first-order chi connectivity index (χ1) is 11.7. The number of hydrogen-bond donors (Lipinski definition) is 0. The van der Waals surface area contributed by atoms with E-state index in [-0.39, 0.29) is 0 Å². The Labute approximate surface area is 150 Å². The van der Waals surface area contributed by atoms with Gasteiger partial charge in [0.25, 0.3) is 5.97 Å². The molecule has 0 heterocycles. The summed E-state index contributed by atoms with van der Waals surface area (Å²) < 4.78 is 20.6. The van der Waals surface area contributed by atoms with Crippen molar-refractivity contribution in [2.75, 3.05) is 35.0 Å². The highest BCUT2D eigenvalue weighted by molar-refractivity contribution is 4.75. The van der Waals surface area contributed by atoms with Crippen molar-refractivity contribution in [3.8, 4) is 0 Å². The Balaban J connectivity index is 0. The second-order valence-corrected chi connectivity index (χ2v) is 5.87. The average molecular weight is 347 g/mol. The van der Waals surface area contributed by atoms with E-state index in [4.69, 9.17) is 18.9 Å². The Kier molecular flexibility index (Phi) is 22.2. The molecule has 0 bridgehead atoms. The standard InChI is InChI=1S/C13H28O3.C7H14O/c1-5-6-7-8-9-10-11-12-13(14-2,15-3)16-4;1-3-4-5-6-7-8-2/h5-12H2,1-4H3;3-4H,5-7H2,1-2H3. The Morgan fingerprint density at radius 3 is 1.75 bits per heavy atom. The molecule has 0 aromatic rings. The molecule has 24 heavy (non-hydrogen) atoms. The maximum absolute atomic E-state index is 5.24. The Morgan fingerprint density at radius 2 is 1.29 bits per heavy atom. The van der Waals surface area contributed by atoms with E-state index < -0.39 is 5.97 Å². The zero-order valence-electron chi connectivity index (χ0n) is 17.1. The van der Waals surface area contributed by atoms with Crippen LogP contribution in [0.4, 0.5) is 0 Å². The van der Waals surface area contributed by atoms with E-state index in [9.17, 15) is 0 Å². The lowest BCUT2D eigenvalue weighted by molar-refractivity contribution is -0.355. The van der Waals surface area contributed by atoms with Crippen molar-refractivity contribution in [1.29, 1.82) is 0 Å². The molecule has 0 atom stereocenters. The maximum Gasteiger partial charge on any atom is 0.282 e.